The predicted molar refractivity (Wildman–Crippen MR) is 72.4 cm³/mol. The minimum Gasteiger partial charge on any atom is -0.356 e. The van der Waals surface area contributed by atoms with Gasteiger partial charge in [-0.05, 0) is 17.9 Å². The zero-order valence-corrected chi connectivity index (χ0v) is 10.7. The predicted octanol–water partition coefficient (Wildman–Crippen LogP) is 2.07. The Balaban J connectivity index is 1.75. The monoisotopic (exact) mass is 231 g/mol. The fourth-order valence-electron chi connectivity index (χ4n) is 2.07. The van der Waals surface area contributed by atoms with Crippen molar-refractivity contribution in [2.45, 2.75) is 19.3 Å². The number of benzene rings is 1. The summed E-state index contributed by atoms with van der Waals surface area (Å²) in [5.41, 5.74) is 1.41. The molecule has 0 aliphatic carbocycles. The first-order valence-electron chi connectivity index (χ1n) is 6.32. The average Bonchev–Trinajstić information content (AvgIpc) is 2.76. The largest absolute Gasteiger partial charge is 0.356 e. The van der Waals surface area contributed by atoms with Gasteiger partial charge < -0.3 is 10.2 Å². The molecule has 3 heteroatoms. The lowest BCUT2D eigenvalue weighted by Gasteiger charge is -2.17. The molecular weight excluding hydrogens is 210 g/mol. The zero-order valence-electron chi connectivity index (χ0n) is 10.7. The van der Waals surface area contributed by atoms with Crippen molar-refractivity contribution < 1.29 is 0 Å². The lowest BCUT2D eigenvalue weighted by Crippen LogP contribution is -2.36. The molecule has 0 aromatic heterocycles. The Morgan fingerprint density at radius 3 is 2.76 bits per heavy atom. The Kier molecular flexibility index (Phi) is 4.02. The van der Waals surface area contributed by atoms with Crippen molar-refractivity contribution in [3.8, 4) is 0 Å². The Labute approximate surface area is 104 Å². The fourth-order valence-corrected chi connectivity index (χ4v) is 2.07. The Bertz CT molecular complexity index is 372. The maximum atomic E-state index is 4.42. The summed E-state index contributed by atoms with van der Waals surface area (Å²) in [6, 6.07) is 10.7. The standard InChI is InChI=1S/C14H21N3/c1-12(13-6-4-3-5-7-13)8-9-15-14-16-10-11-17(14)2/h3-7,12H,8-11H2,1-2H3,(H,15,16). The highest BCUT2D eigenvalue weighted by molar-refractivity contribution is 5.81. The van der Waals surface area contributed by atoms with Crippen LogP contribution in [0.5, 0.6) is 0 Å². The van der Waals surface area contributed by atoms with Gasteiger partial charge in [-0.1, -0.05) is 37.3 Å². The smallest absolute Gasteiger partial charge is 0.193 e. The van der Waals surface area contributed by atoms with Crippen molar-refractivity contribution in [1.29, 1.82) is 0 Å². The minimum absolute atomic E-state index is 0.594. The van der Waals surface area contributed by atoms with Gasteiger partial charge in [-0.25, -0.2) is 0 Å². The van der Waals surface area contributed by atoms with Crippen LogP contribution in [0.25, 0.3) is 0 Å². The number of nitrogens with zero attached hydrogens (tertiary/aromatic N) is 2. The molecule has 1 aliphatic heterocycles. The molecule has 2 rings (SSSR count). The first-order valence-corrected chi connectivity index (χ1v) is 6.32. The van der Waals surface area contributed by atoms with Gasteiger partial charge in [0.15, 0.2) is 5.96 Å². The fraction of sp³-hybridized carbons (Fsp3) is 0.500. The molecule has 92 valence electrons. The van der Waals surface area contributed by atoms with Crippen LogP contribution in [-0.2, 0) is 0 Å². The highest BCUT2D eigenvalue weighted by atomic mass is 15.3. The highest BCUT2D eigenvalue weighted by Gasteiger charge is 2.11. The number of hydrogen-bond donors (Lipinski definition) is 1. The molecule has 1 N–H and O–H groups in total. The number of likely N-dealkylation sites (N-methyl/N-ethyl adjacent to an activating group) is 1. The summed E-state index contributed by atoms with van der Waals surface area (Å²) in [4.78, 5) is 6.59. The van der Waals surface area contributed by atoms with E-state index in [1.807, 2.05) is 0 Å². The molecule has 0 spiro atoms. The Morgan fingerprint density at radius 2 is 2.12 bits per heavy atom. The third kappa shape index (κ3) is 3.22. The van der Waals surface area contributed by atoms with E-state index in [1.54, 1.807) is 0 Å². The van der Waals surface area contributed by atoms with Gasteiger partial charge in [0.05, 0.1) is 6.54 Å². The van der Waals surface area contributed by atoms with Crippen molar-refractivity contribution in [3.63, 3.8) is 0 Å². The molecule has 0 amide bonds. The number of aliphatic imine (C=N–C) groups is 1. The number of guanidine groups is 1. The van der Waals surface area contributed by atoms with Crippen LogP contribution >= 0.6 is 0 Å². The maximum absolute atomic E-state index is 4.42. The first kappa shape index (κ1) is 12.0. The molecule has 0 radical (unpaired) electrons. The van der Waals surface area contributed by atoms with E-state index >= 15 is 0 Å². The van der Waals surface area contributed by atoms with Crippen LogP contribution in [0, 0.1) is 0 Å². The molecule has 0 saturated heterocycles. The summed E-state index contributed by atoms with van der Waals surface area (Å²) < 4.78 is 0. The molecular formula is C14H21N3. The Hall–Kier alpha value is -1.51. The summed E-state index contributed by atoms with van der Waals surface area (Å²) in [5, 5.41) is 3.41. The summed E-state index contributed by atoms with van der Waals surface area (Å²) in [5.74, 6) is 1.64. The summed E-state index contributed by atoms with van der Waals surface area (Å²) in [6.07, 6.45) is 1.14. The van der Waals surface area contributed by atoms with E-state index in [1.165, 1.54) is 5.56 Å². The van der Waals surface area contributed by atoms with Crippen LogP contribution in [0.1, 0.15) is 24.8 Å². The Morgan fingerprint density at radius 1 is 1.35 bits per heavy atom. The van der Waals surface area contributed by atoms with Gasteiger partial charge in [0.1, 0.15) is 0 Å². The second-order valence-corrected chi connectivity index (χ2v) is 4.65. The summed E-state index contributed by atoms with van der Waals surface area (Å²) in [6.45, 7) is 5.22. The van der Waals surface area contributed by atoms with E-state index in [4.69, 9.17) is 0 Å². The van der Waals surface area contributed by atoms with Crippen molar-refractivity contribution in [2.75, 3.05) is 26.7 Å². The number of rotatable bonds is 4. The quantitative estimate of drug-likeness (QED) is 0.859. The lowest BCUT2D eigenvalue weighted by molar-refractivity contribution is 0.528. The topological polar surface area (TPSA) is 27.6 Å². The lowest BCUT2D eigenvalue weighted by atomic mass is 9.98. The van der Waals surface area contributed by atoms with Gasteiger partial charge in [-0.3, -0.25) is 4.99 Å². The maximum Gasteiger partial charge on any atom is 0.193 e. The van der Waals surface area contributed by atoms with E-state index in [2.05, 4.69) is 59.5 Å². The van der Waals surface area contributed by atoms with Gasteiger partial charge in [0.25, 0.3) is 0 Å². The first-order chi connectivity index (χ1) is 8.27. The van der Waals surface area contributed by atoms with Gasteiger partial charge in [0.2, 0.25) is 0 Å². The van der Waals surface area contributed by atoms with E-state index in [9.17, 15) is 0 Å². The van der Waals surface area contributed by atoms with Gasteiger partial charge in [-0.15, -0.1) is 0 Å². The van der Waals surface area contributed by atoms with E-state index in [-0.39, 0.29) is 0 Å². The van der Waals surface area contributed by atoms with Crippen molar-refractivity contribution in [2.24, 2.45) is 4.99 Å². The third-order valence-electron chi connectivity index (χ3n) is 3.29. The van der Waals surface area contributed by atoms with Gasteiger partial charge in [0, 0.05) is 20.1 Å². The zero-order chi connectivity index (χ0) is 12.1. The average molecular weight is 231 g/mol. The molecule has 3 nitrogen and oxygen atoms in total. The van der Waals surface area contributed by atoms with Crippen molar-refractivity contribution >= 4 is 5.96 Å². The second kappa shape index (κ2) is 5.71. The molecule has 0 saturated carbocycles. The van der Waals surface area contributed by atoms with Crippen molar-refractivity contribution in [1.82, 2.24) is 10.2 Å². The van der Waals surface area contributed by atoms with E-state index in [0.717, 1.165) is 32.0 Å². The van der Waals surface area contributed by atoms with E-state index < -0.39 is 0 Å². The van der Waals surface area contributed by atoms with E-state index in [0.29, 0.717) is 5.92 Å². The van der Waals surface area contributed by atoms with Crippen LogP contribution < -0.4 is 5.32 Å². The van der Waals surface area contributed by atoms with Gasteiger partial charge >= 0.3 is 0 Å². The molecule has 1 unspecified atom stereocenters. The SMILES string of the molecule is CC(CCNC1=NCCN1C)c1ccccc1. The van der Waals surface area contributed by atoms with Crippen LogP contribution in [0.4, 0.5) is 0 Å². The normalized spacial score (nSPS) is 16.8. The molecule has 17 heavy (non-hydrogen) atoms. The van der Waals surface area contributed by atoms with Crippen LogP contribution in [-0.4, -0.2) is 37.5 Å². The molecule has 1 aromatic rings. The summed E-state index contributed by atoms with van der Waals surface area (Å²) in [7, 11) is 2.08. The molecule has 1 aromatic carbocycles. The minimum atomic E-state index is 0.594. The van der Waals surface area contributed by atoms with Gasteiger partial charge in [-0.2, -0.15) is 0 Å². The molecule has 1 atom stereocenters. The molecule has 1 heterocycles. The second-order valence-electron chi connectivity index (χ2n) is 4.65. The molecule has 0 fully saturated rings. The summed E-state index contributed by atoms with van der Waals surface area (Å²) >= 11 is 0. The van der Waals surface area contributed by atoms with Crippen LogP contribution in [0.2, 0.25) is 0 Å². The van der Waals surface area contributed by atoms with Crippen LogP contribution in [0.3, 0.4) is 0 Å². The highest BCUT2D eigenvalue weighted by Crippen LogP contribution is 2.17. The number of hydrogen-bond acceptors (Lipinski definition) is 3. The van der Waals surface area contributed by atoms with Crippen LogP contribution in [0.15, 0.2) is 35.3 Å². The number of nitrogens with one attached hydrogen (secondary N) is 1. The van der Waals surface area contributed by atoms with Crippen molar-refractivity contribution in [3.05, 3.63) is 35.9 Å². The molecule has 0 bridgehead atoms. The third-order valence-corrected chi connectivity index (χ3v) is 3.29. The molecule has 1 aliphatic rings.